The van der Waals surface area contributed by atoms with Crippen LogP contribution in [0.5, 0.6) is 0 Å². The van der Waals surface area contributed by atoms with Crippen molar-refractivity contribution in [2.24, 2.45) is 0 Å². The molecule has 0 bridgehead atoms. The molecule has 0 fully saturated rings. The molecule has 0 aliphatic heterocycles. The Morgan fingerprint density at radius 2 is 1.56 bits per heavy atom. The van der Waals surface area contributed by atoms with Crippen LogP contribution in [0.4, 0.5) is 0 Å². The number of aromatic nitrogens is 2. The Morgan fingerprint density at radius 1 is 0.938 bits per heavy atom. The maximum absolute atomic E-state index is 4.34. The highest BCUT2D eigenvalue weighted by Crippen LogP contribution is 2.25. The average Bonchev–Trinajstić information content (AvgIpc) is 2.20. The summed E-state index contributed by atoms with van der Waals surface area (Å²) in [5, 5.41) is 0. The lowest BCUT2D eigenvalue weighted by molar-refractivity contribution is 1.12. The van der Waals surface area contributed by atoms with Crippen LogP contribution in [0.3, 0.4) is 0 Å². The number of hydrogen-bond acceptors (Lipinski definition) is 2. The second kappa shape index (κ2) is 4.94. The van der Waals surface area contributed by atoms with Crippen molar-refractivity contribution in [3.63, 3.8) is 0 Å². The Kier molecular flexibility index (Phi) is 3.77. The molecule has 2 nitrogen and oxygen atoms in total. The van der Waals surface area contributed by atoms with Crippen LogP contribution in [0, 0.1) is 6.92 Å². The van der Waals surface area contributed by atoms with Crippen molar-refractivity contribution in [1.82, 2.24) is 9.97 Å². The van der Waals surface area contributed by atoms with Gasteiger partial charge in [-0.1, -0.05) is 22.0 Å². The van der Waals surface area contributed by atoms with Gasteiger partial charge in [0.15, 0.2) is 5.82 Å². The van der Waals surface area contributed by atoms with Crippen LogP contribution >= 0.6 is 47.8 Å². The molecule has 82 valence electrons. The maximum Gasteiger partial charge on any atom is 0.161 e. The first-order chi connectivity index (χ1) is 7.56. The van der Waals surface area contributed by atoms with E-state index in [4.69, 9.17) is 0 Å². The number of aryl methyl sites for hydroxylation is 1. The molecule has 1 aromatic heterocycles. The fourth-order valence-corrected chi connectivity index (χ4v) is 2.63. The van der Waals surface area contributed by atoms with Gasteiger partial charge in [0.05, 0.1) is 0 Å². The zero-order chi connectivity index (χ0) is 11.7. The molecule has 0 atom stereocenters. The molecular weight excluding hydrogens is 400 g/mol. The van der Waals surface area contributed by atoms with E-state index in [1.807, 2.05) is 25.1 Å². The third kappa shape index (κ3) is 2.70. The second-order valence-electron chi connectivity index (χ2n) is 3.30. The van der Waals surface area contributed by atoms with Gasteiger partial charge in [-0.3, -0.25) is 0 Å². The molecule has 0 aliphatic rings. The molecule has 0 N–H and O–H groups in total. The summed E-state index contributed by atoms with van der Waals surface area (Å²) in [4.78, 5) is 8.67. The Bertz CT molecular complexity index is 520. The Labute approximate surface area is 119 Å². The van der Waals surface area contributed by atoms with Crippen LogP contribution in [-0.4, -0.2) is 9.97 Å². The normalized spacial score (nSPS) is 10.5. The highest BCUT2D eigenvalue weighted by Gasteiger charge is 2.05. The van der Waals surface area contributed by atoms with Crippen LogP contribution < -0.4 is 0 Å². The lowest BCUT2D eigenvalue weighted by Crippen LogP contribution is -1.91. The summed E-state index contributed by atoms with van der Waals surface area (Å²) in [5.74, 6) is 0.705. The summed E-state index contributed by atoms with van der Waals surface area (Å²) in [6.45, 7) is 2.04. The van der Waals surface area contributed by atoms with E-state index in [0.717, 1.165) is 24.8 Å². The highest BCUT2D eigenvalue weighted by molar-refractivity contribution is 9.11. The monoisotopic (exact) mass is 404 g/mol. The van der Waals surface area contributed by atoms with E-state index in [9.17, 15) is 0 Å². The minimum absolute atomic E-state index is 0.705. The smallest absolute Gasteiger partial charge is 0.161 e. The van der Waals surface area contributed by atoms with E-state index in [1.165, 1.54) is 0 Å². The lowest BCUT2D eigenvalue weighted by Gasteiger charge is -2.04. The van der Waals surface area contributed by atoms with Crippen molar-refractivity contribution in [2.75, 3.05) is 0 Å². The molecule has 1 aromatic carbocycles. The second-order valence-corrected chi connectivity index (χ2v) is 5.78. The molecule has 0 saturated carbocycles. The summed E-state index contributed by atoms with van der Waals surface area (Å²) in [7, 11) is 0. The number of halogens is 3. The van der Waals surface area contributed by atoms with E-state index in [0.29, 0.717) is 5.82 Å². The molecule has 2 rings (SSSR count). The van der Waals surface area contributed by atoms with E-state index in [1.54, 1.807) is 0 Å². The molecule has 0 saturated heterocycles. The maximum atomic E-state index is 4.34. The standard InChI is InChI=1S/C11H7Br3N2/c1-6-4-7(2-3-8(6)12)11-15-9(13)5-10(14)16-11/h2-5H,1H3. The van der Waals surface area contributed by atoms with Gasteiger partial charge in [-0.25, -0.2) is 9.97 Å². The summed E-state index contributed by atoms with van der Waals surface area (Å²) in [6.07, 6.45) is 0. The third-order valence-electron chi connectivity index (χ3n) is 2.08. The van der Waals surface area contributed by atoms with Gasteiger partial charge in [-0.15, -0.1) is 0 Å². The van der Waals surface area contributed by atoms with Gasteiger partial charge >= 0.3 is 0 Å². The molecule has 0 amide bonds. The molecule has 0 unspecified atom stereocenters. The molecule has 0 aliphatic carbocycles. The van der Waals surface area contributed by atoms with E-state index in [2.05, 4.69) is 63.8 Å². The average molecular weight is 407 g/mol. The molecule has 1 heterocycles. The van der Waals surface area contributed by atoms with Crippen molar-refractivity contribution in [3.05, 3.63) is 43.5 Å². The summed E-state index contributed by atoms with van der Waals surface area (Å²) in [5.41, 5.74) is 2.17. The topological polar surface area (TPSA) is 25.8 Å². The minimum Gasteiger partial charge on any atom is -0.221 e. The first-order valence-electron chi connectivity index (χ1n) is 4.53. The predicted octanol–water partition coefficient (Wildman–Crippen LogP) is 4.74. The van der Waals surface area contributed by atoms with Crippen LogP contribution in [0.25, 0.3) is 11.4 Å². The van der Waals surface area contributed by atoms with Crippen LogP contribution in [0.1, 0.15) is 5.56 Å². The van der Waals surface area contributed by atoms with Crippen LogP contribution in [0.15, 0.2) is 37.9 Å². The largest absolute Gasteiger partial charge is 0.221 e. The molecule has 0 radical (unpaired) electrons. The van der Waals surface area contributed by atoms with Gasteiger partial charge < -0.3 is 0 Å². The zero-order valence-corrected chi connectivity index (χ0v) is 13.1. The Morgan fingerprint density at radius 3 is 2.12 bits per heavy atom. The highest BCUT2D eigenvalue weighted by atomic mass is 79.9. The van der Waals surface area contributed by atoms with Crippen molar-refractivity contribution >= 4 is 47.8 Å². The molecule has 0 spiro atoms. The molecular formula is C11H7Br3N2. The summed E-state index contributed by atoms with van der Waals surface area (Å²) < 4.78 is 2.63. The lowest BCUT2D eigenvalue weighted by atomic mass is 10.1. The van der Waals surface area contributed by atoms with Gasteiger partial charge in [0.1, 0.15) is 9.21 Å². The zero-order valence-electron chi connectivity index (χ0n) is 8.34. The van der Waals surface area contributed by atoms with Gasteiger partial charge in [-0.05, 0) is 56.5 Å². The fraction of sp³-hybridized carbons (Fsp3) is 0.0909. The Hall–Kier alpha value is -0.260. The minimum atomic E-state index is 0.705. The van der Waals surface area contributed by atoms with E-state index >= 15 is 0 Å². The van der Waals surface area contributed by atoms with Crippen molar-refractivity contribution in [1.29, 1.82) is 0 Å². The predicted molar refractivity (Wildman–Crippen MR) is 75.3 cm³/mol. The van der Waals surface area contributed by atoms with E-state index < -0.39 is 0 Å². The SMILES string of the molecule is Cc1cc(-c2nc(Br)cc(Br)n2)ccc1Br. The third-order valence-corrected chi connectivity index (χ3v) is 3.78. The fourth-order valence-electron chi connectivity index (χ4n) is 1.30. The van der Waals surface area contributed by atoms with Gasteiger partial charge in [0.2, 0.25) is 0 Å². The first-order valence-corrected chi connectivity index (χ1v) is 6.91. The molecule has 5 heteroatoms. The van der Waals surface area contributed by atoms with Crippen molar-refractivity contribution in [3.8, 4) is 11.4 Å². The number of benzene rings is 1. The Balaban J connectivity index is 2.54. The number of nitrogens with zero attached hydrogens (tertiary/aromatic N) is 2. The molecule has 16 heavy (non-hydrogen) atoms. The van der Waals surface area contributed by atoms with Crippen molar-refractivity contribution < 1.29 is 0 Å². The molecule has 2 aromatic rings. The number of rotatable bonds is 1. The quantitative estimate of drug-likeness (QED) is 0.639. The van der Waals surface area contributed by atoms with Gasteiger partial charge in [0.25, 0.3) is 0 Å². The van der Waals surface area contributed by atoms with E-state index in [-0.39, 0.29) is 0 Å². The first kappa shape index (κ1) is 12.2. The van der Waals surface area contributed by atoms with Crippen molar-refractivity contribution in [2.45, 2.75) is 6.92 Å². The van der Waals surface area contributed by atoms with Gasteiger partial charge in [0, 0.05) is 16.1 Å². The van der Waals surface area contributed by atoms with Crippen LogP contribution in [-0.2, 0) is 0 Å². The summed E-state index contributed by atoms with van der Waals surface area (Å²) >= 11 is 10.2. The number of hydrogen-bond donors (Lipinski definition) is 0. The summed E-state index contributed by atoms with van der Waals surface area (Å²) in [6, 6.07) is 7.86. The van der Waals surface area contributed by atoms with Crippen LogP contribution in [0.2, 0.25) is 0 Å². The van der Waals surface area contributed by atoms with Gasteiger partial charge in [-0.2, -0.15) is 0 Å².